The van der Waals surface area contributed by atoms with Gasteiger partial charge >= 0.3 is 0 Å². The first-order valence-corrected chi connectivity index (χ1v) is 7.72. The van der Waals surface area contributed by atoms with Crippen LogP contribution in [0.2, 0.25) is 0 Å². The number of allylic oxidation sites excluding steroid dienone is 1. The van der Waals surface area contributed by atoms with E-state index in [0.29, 0.717) is 13.0 Å². The highest BCUT2D eigenvalue weighted by Crippen LogP contribution is 2.19. The normalized spacial score (nSPS) is 14.1. The van der Waals surface area contributed by atoms with E-state index in [-0.39, 0.29) is 18.4 Å². The van der Waals surface area contributed by atoms with Gasteiger partial charge in [-0.1, -0.05) is 17.7 Å². The summed E-state index contributed by atoms with van der Waals surface area (Å²) in [6.45, 7) is 0.538. The maximum absolute atomic E-state index is 12.0. The third-order valence-electron chi connectivity index (χ3n) is 3.78. The Balaban J connectivity index is 1.72. The number of carbonyl (C=O) groups excluding carboxylic acids is 2. The molecule has 0 spiro atoms. The number of rotatable bonds is 6. The summed E-state index contributed by atoms with van der Waals surface area (Å²) in [5.41, 5.74) is 2.16. The van der Waals surface area contributed by atoms with Crippen LogP contribution in [0.1, 0.15) is 37.7 Å². The van der Waals surface area contributed by atoms with Gasteiger partial charge in [0, 0.05) is 32.4 Å². The van der Waals surface area contributed by atoms with Crippen LogP contribution < -0.4 is 5.32 Å². The standard InChI is InChI=1S/C17H23N3O2/c1-20(13-15-8-5-9-18-11-15)17(22)12-19-16(21)10-14-6-3-2-4-7-14/h5-6,8-9,11H,2-4,7,10,12-13H2,1H3,(H,19,21). The summed E-state index contributed by atoms with van der Waals surface area (Å²) < 4.78 is 0. The molecule has 22 heavy (non-hydrogen) atoms. The lowest BCUT2D eigenvalue weighted by Gasteiger charge is -2.18. The first-order chi connectivity index (χ1) is 10.6. The monoisotopic (exact) mass is 301 g/mol. The van der Waals surface area contributed by atoms with Crippen molar-refractivity contribution in [2.75, 3.05) is 13.6 Å². The zero-order chi connectivity index (χ0) is 15.8. The SMILES string of the molecule is CN(Cc1cccnc1)C(=O)CNC(=O)CC1=CCCCC1. The van der Waals surface area contributed by atoms with Gasteiger partial charge in [-0.2, -0.15) is 0 Å². The minimum atomic E-state index is -0.102. The van der Waals surface area contributed by atoms with Crippen LogP contribution in [0.5, 0.6) is 0 Å². The summed E-state index contributed by atoms with van der Waals surface area (Å²) in [7, 11) is 1.73. The van der Waals surface area contributed by atoms with Crippen molar-refractivity contribution in [2.45, 2.75) is 38.6 Å². The van der Waals surface area contributed by atoms with Gasteiger partial charge in [0.1, 0.15) is 0 Å². The maximum atomic E-state index is 12.0. The van der Waals surface area contributed by atoms with Crippen molar-refractivity contribution in [2.24, 2.45) is 0 Å². The number of nitrogens with one attached hydrogen (secondary N) is 1. The molecular formula is C17H23N3O2. The molecule has 118 valence electrons. The quantitative estimate of drug-likeness (QED) is 0.818. The molecular weight excluding hydrogens is 278 g/mol. The van der Waals surface area contributed by atoms with Gasteiger partial charge in [-0.3, -0.25) is 14.6 Å². The number of pyridine rings is 1. The Kier molecular flexibility index (Phi) is 6.13. The highest BCUT2D eigenvalue weighted by Gasteiger charge is 2.13. The molecule has 0 saturated carbocycles. The Hall–Kier alpha value is -2.17. The Morgan fingerprint density at radius 3 is 2.91 bits per heavy atom. The molecule has 0 fully saturated rings. The Bertz CT molecular complexity index is 540. The second-order valence-electron chi connectivity index (χ2n) is 5.67. The number of hydrogen-bond acceptors (Lipinski definition) is 3. The molecule has 1 heterocycles. The van der Waals surface area contributed by atoms with Crippen LogP contribution in [-0.4, -0.2) is 35.3 Å². The van der Waals surface area contributed by atoms with Crippen molar-refractivity contribution in [1.82, 2.24) is 15.2 Å². The van der Waals surface area contributed by atoms with Crippen LogP contribution in [0.15, 0.2) is 36.2 Å². The first kappa shape index (κ1) is 16.2. The van der Waals surface area contributed by atoms with Crippen molar-refractivity contribution in [1.29, 1.82) is 0 Å². The Morgan fingerprint density at radius 1 is 1.36 bits per heavy atom. The average molecular weight is 301 g/mol. The number of amides is 2. The minimum Gasteiger partial charge on any atom is -0.347 e. The molecule has 5 nitrogen and oxygen atoms in total. The van der Waals surface area contributed by atoms with E-state index in [1.54, 1.807) is 24.3 Å². The molecule has 1 aliphatic rings. The number of carbonyl (C=O) groups is 2. The predicted octanol–water partition coefficient (Wildman–Crippen LogP) is 2.05. The zero-order valence-corrected chi connectivity index (χ0v) is 13.0. The smallest absolute Gasteiger partial charge is 0.242 e. The molecule has 0 saturated heterocycles. The molecule has 1 aromatic rings. The lowest BCUT2D eigenvalue weighted by molar-refractivity contribution is -0.132. The molecule has 0 aliphatic heterocycles. The highest BCUT2D eigenvalue weighted by atomic mass is 16.2. The number of likely N-dealkylation sites (N-methyl/N-ethyl adjacent to an activating group) is 1. The fourth-order valence-electron chi connectivity index (χ4n) is 2.50. The van der Waals surface area contributed by atoms with Gasteiger partial charge in [0.05, 0.1) is 6.54 Å². The van der Waals surface area contributed by atoms with Gasteiger partial charge in [0.15, 0.2) is 0 Å². The average Bonchev–Trinajstić information content (AvgIpc) is 2.54. The molecule has 5 heteroatoms. The summed E-state index contributed by atoms with van der Waals surface area (Å²) in [5, 5.41) is 2.71. The summed E-state index contributed by atoms with van der Waals surface area (Å²) in [6.07, 6.45) is 10.4. The molecule has 1 aliphatic carbocycles. The highest BCUT2D eigenvalue weighted by molar-refractivity contribution is 5.85. The number of nitrogens with zero attached hydrogens (tertiary/aromatic N) is 2. The van der Waals surface area contributed by atoms with E-state index in [9.17, 15) is 9.59 Å². The van der Waals surface area contributed by atoms with Gasteiger partial charge < -0.3 is 10.2 Å². The Morgan fingerprint density at radius 2 is 2.23 bits per heavy atom. The summed E-state index contributed by atoms with van der Waals surface area (Å²) in [4.78, 5) is 29.5. The molecule has 1 N–H and O–H groups in total. The van der Waals surface area contributed by atoms with Gasteiger partial charge in [-0.15, -0.1) is 0 Å². The summed E-state index contributed by atoms with van der Waals surface area (Å²) >= 11 is 0. The molecule has 2 amide bonds. The molecule has 0 atom stereocenters. The second kappa shape index (κ2) is 8.32. The summed E-state index contributed by atoms with van der Waals surface area (Å²) in [6, 6.07) is 3.76. The van der Waals surface area contributed by atoms with E-state index >= 15 is 0 Å². The van der Waals surface area contributed by atoms with Crippen LogP contribution in [-0.2, 0) is 16.1 Å². The van der Waals surface area contributed by atoms with E-state index in [0.717, 1.165) is 24.8 Å². The number of aromatic nitrogens is 1. The fourth-order valence-corrected chi connectivity index (χ4v) is 2.50. The molecule has 0 aromatic carbocycles. The van der Waals surface area contributed by atoms with Crippen molar-refractivity contribution in [3.05, 3.63) is 41.7 Å². The number of hydrogen-bond donors (Lipinski definition) is 1. The largest absolute Gasteiger partial charge is 0.347 e. The van der Waals surface area contributed by atoms with Crippen LogP contribution in [0, 0.1) is 0 Å². The van der Waals surface area contributed by atoms with E-state index in [1.807, 2.05) is 12.1 Å². The molecule has 1 aromatic heterocycles. The predicted molar refractivity (Wildman–Crippen MR) is 84.9 cm³/mol. The lowest BCUT2D eigenvalue weighted by atomic mass is 9.97. The fraction of sp³-hybridized carbons (Fsp3) is 0.471. The van der Waals surface area contributed by atoms with Crippen LogP contribution in [0.25, 0.3) is 0 Å². The third kappa shape index (κ3) is 5.31. The minimum absolute atomic E-state index is 0.0445. The second-order valence-corrected chi connectivity index (χ2v) is 5.67. The lowest BCUT2D eigenvalue weighted by Crippen LogP contribution is -2.37. The van der Waals surface area contributed by atoms with Crippen LogP contribution in [0.3, 0.4) is 0 Å². The summed E-state index contributed by atoms with van der Waals surface area (Å²) in [5.74, 6) is -0.175. The van der Waals surface area contributed by atoms with Gasteiger partial charge in [0.25, 0.3) is 0 Å². The van der Waals surface area contributed by atoms with Gasteiger partial charge in [-0.25, -0.2) is 0 Å². The van der Waals surface area contributed by atoms with Crippen molar-refractivity contribution in [3.63, 3.8) is 0 Å². The molecule has 2 rings (SSSR count). The molecule has 0 bridgehead atoms. The van der Waals surface area contributed by atoms with Crippen LogP contribution in [0.4, 0.5) is 0 Å². The van der Waals surface area contributed by atoms with Crippen molar-refractivity contribution < 1.29 is 9.59 Å². The van der Waals surface area contributed by atoms with Gasteiger partial charge in [-0.05, 0) is 37.3 Å². The van der Waals surface area contributed by atoms with E-state index in [2.05, 4.69) is 16.4 Å². The Labute approximate surface area is 131 Å². The van der Waals surface area contributed by atoms with E-state index < -0.39 is 0 Å². The van der Waals surface area contributed by atoms with Crippen molar-refractivity contribution >= 4 is 11.8 Å². The molecule has 0 radical (unpaired) electrons. The van der Waals surface area contributed by atoms with E-state index in [4.69, 9.17) is 0 Å². The first-order valence-electron chi connectivity index (χ1n) is 7.72. The van der Waals surface area contributed by atoms with Crippen LogP contribution >= 0.6 is 0 Å². The molecule has 0 unspecified atom stereocenters. The van der Waals surface area contributed by atoms with Gasteiger partial charge in [0.2, 0.25) is 11.8 Å². The third-order valence-corrected chi connectivity index (χ3v) is 3.78. The topological polar surface area (TPSA) is 62.3 Å². The van der Waals surface area contributed by atoms with Crippen molar-refractivity contribution in [3.8, 4) is 0 Å². The maximum Gasteiger partial charge on any atom is 0.242 e. The van der Waals surface area contributed by atoms with E-state index in [1.165, 1.54) is 12.0 Å². The zero-order valence-electron chi connectivity index (χ0n) is 13.0.